The second kappa shape index (κ2) is 8.07. The maximum atomic E-state index is 13.7. The summed E-state index contributed by atoms with van der Waals surface area (Å²) in [6.07, 6.45) is -0.995. The molecular formula is C21H26F4N4. The third-order valence-corrected chi connectivity index (χ3v) is 5.88. The highest BCUT2D eigenvalue weighted by atomic mass is 19.4. The van der Waals surface area contributed by atoms with Crippen molar-refractivity contribution in [1.82, 2.24) is 19.8 Å². The van der Waals surface area contributed by atoms with E-state index in [-0.39, 0.29) is 5.92 Å². The molecule has 8 heteroatoms. The third-order valence-electron chi connectivity index (χ3n) is 5.88. The lowest BCUT2D eigenvalue weighted by Crippen LogP contribution is -2.46. The summed E-state index contributed by atoms with van der Waals surface area (Å²) >= 11 is 0. The molecule has 0 aliphatic carbocycles. The molecule has 2 fully saturated rings. The molecule has 4 nitrogen and oxygen atoms in total. The molecule has 3 heterocycles. The quantitative estimate of drug-likeness (QED) is 0.753. The normalized spacial score (nSPS) is 19.5. The minimum Gasteiger partial charge on any atom is -0.333 e. The van der Waals surface area contributed by atoms with Gasteiger partial charge in [-0.2, -0.15) is 13.2 Å². The smallest absolute Gasteiger partial charge is 0.333 e. The molecule has 1 aromatic heterocycles. The Morgan fingerprint density at radius 2 is 1.86 bits per heavy atom. The number of halogens is 4. The molecule has 1 N–H and O–H groups in total. The molecule has 0 radical (unpaired) electrons. The monoisotopic (exact) mass is 410 g/mol. The fourth-order valence-corrected chi connectivity index (χ4v) is 4.32. The van der Waals surface area contributed by atoms with Gasteiger partial charge in [0, 0.05) is 43.9 Å². The van der Waals surface area contributed by atoms with Crippen LogP contribution < -0.4 is 5.32 Å². The number of hydrogen-bond donors (Lipinski definition) is 1. The average Bonchev–Trinajstić information content (AvgIpc) is 3.08. The minimum absolute atomic E-state index is 0.280. The molecule has 0 amide bonds. The molecule has 1 aromatic carbocycles. The molecule has 0 saturated carbocycles. The Morgan fingerprint density at radius 3 is 2.52 bits per heavy atom. The number of hydrogen-bond acceptors (Lipinski definition) is 3. The molecular weight excluding hydrogens is 384 g/mol. The largest absolute Gasteiger partial charge is 0.419 e. The number of rotatable bonds is 5. The van der Waals surface area contributed by atoms with Gasteiger partial charge in [0.05, 0.1) is 11.3 Å². The Labute approximate surface area is 167 Å². The van der Waals surface area contributed by atoms with Gasteiger partial charge in [-0.25, -0.2) is 9.37 Å². The first-order valence-corrected chi connectivity index (χ1v) is 10.2. The maximum absolute atomic E-state index is 13.7. The van der Waals surface area contributed by atoms with Crippen LogP contribution >= 0.6 is 0 Å². The van der Waals surface area contributed by atoms with Crippen LogP contribution in [0.3, 0.4) is 0 Å². The van der Waals surface area contributed by atoms with Crippen LogP contribution in [0.25, 0.3) is 11.3 Å². The van der Waals surface area contributed by atoms with Crippen molar-refractivity contribution in [2.75, 3.05) is 32.7 Å². The van der Waals surface area contributed by atoms with Crippen LogP contribution in [0.4, 0.5) is 17.6 Å². The van der Waals surface area contributed by atoms with Crippen molar-refractivity contribution in [3.05, 3.63) is 41.6 Å². The van der Waals surface area contributed by atoms with Crippen molar-refractivity contribution in [3.63, 3.8) is 0 Å². The van der Waals surface area contributed by atoms with E-state index >= 15 is 0 Å². The number of piperidine rings is 1. The number of likely N-dealkylation sites (tertiary alicyclic amines) is 1. The first-order chi connectivity index (χ1) is 13.8. The van der Waals surface area contributed by atoms with E-state index in [1.54, 1.807) is 0 Å². The molecule has 2 saturated heterocycles. The number of nitrogens with zero attached hydrogens (tertiary/aromatic N) is 3. The molecule has 2 aliphatic rings. The molecule has 0 atom stereocenters. The van der Waals surface area contributed by atoms with Gasteiger partial charge in [0.2, 0.25) is 0 Å². The van der Waals surface area contributed by atoms with E-state index in [2.05, 4.69) is 21.7 Å². The average molecular weight is 410 g/mol. The van der Waals surface area contributed by atoms with Crippen LogP contribution in [0.5, 0.6) is 0 Å². The van der Waals surface area contributed by atoms with Crippen molar-refractivity contribution in [1.29, 1.82) is 0 Å². The van der Waals surface area contributed by atoms with E-state index in [1.165, 1.54) is 6.07 Å². The summed E-state index contributed by atoms with van der Waals surface area (Å²) in [6, 6.07) is 3.12. The van der Waals surface area contributed by atoms with Gasteiger partial charge in [-0.15, -0.1) is 0 Å². The maximum Gasteiger partial charge on any atom is 0.419 e. The van der Waals surface area contributed by atoms with E-state index in [4.69, 9.17) is 4.98 Å². The minimum atomic E-state index is -4.73. The van der Waals surface area contributed by atoms with Gasteiger partial charge in [-0.1, -0.05) is 6.92 Å². The summed E-state index contributed by atoms with van der Waals surface area (Å²) in [6.45, 7) is 7.85. The van der Waals surface area contributed by atoms with E-state index in [9.17, 15) is 17.6 Å². The molecule has 29 heavy (non-hydrogen) atoms. The topological polar surface area (TPSA) is 33.1 Å². The van der Waals surface area contributed by atoms with Crippen LogP contribution in [-0.4, -0.2) is 47.2 Å². The molecule has 0 unspecified atom stereocenters. The number of alkyl halides is 3. The zero-order valence-corrected chi connectivity index (χ0v) is 16.5. The van der Waals surface area contributed by atoms with E-state index < -0.39 is 17.6 Å². The van der Waals surface area contributed by atoms with Gasteiger partial charge in [-0.3, -0.25) is 0 Å². The van der Waals surface area contributed by atoms with Gasteiger partial charge in [-0.05, 0) is 50.0 Å². The van der Waals surface area contributed by atoms with Crippen molar-refractivity contribution < 1.29 is 17.6 Å². The SMILES string of the molecule is CC1CN(CCn2cc(-c3ccc(F)c(C(F)(F)F)c3)nc2C2CCNCC2)C1. The van der Waals surface area contributed by atoms with Gasteiger partial charge in [0.15, 0.2) is 0 Å². The number of benzene rings is 1. The van der Waals surface area contributed by atoms with E-state index in [1.807, 2.05) is 6.20 Å². The fraction of sp³-hybridized carbons (Fsp3) is 0.571. The highest BCUT2D eigenvalue weighted by Gasteiger charge is 2.34. The Bertz CT molecular complexity index is 849. The zero-order chi connectivity index (χ0) is 20.6. The van der Waals surface area contributed by atoms with Crippen LogP contribution in [0, 0.1) is 11.7 Å². The predicted octanol–water partition coefficient (Wildman–Crippen LogP) is 4.13. The van der Waals surface area contributed by atoms with Crippen molar-refractivity contribution in [2.24, 2.45) is 5.92 Å². The standard InChI is InChI=1S/C21H26F4N4/c1-14-11-28(12-14)8-9-29-13-19(27-20(29)15-4-6-26-7-5-15)16-2-3-18(22)17(10-16)21(23,24)25/h2-3,10,13-15,26H,4-9,11-12H2,1H3. The summed E-state index contributed by atoms with van der Waals surface area (Å²) in [7, 11) is 0. The summed E-state index contributed by atoms with van der Waals surface area (Å²) in [5.41, 5.74) is -0.478. The van der Waals surface area contributed by atoms with Crippen LogP contribution in [0.1, 0.15) is 37.1 Å². The van der Waals surface area contributed by atoms with Gasteiger partial charge < -0.3 is 14.8 Å². The Kier molecular flexibility index (Phi) is 5.66. The lowest BCUT2D eigenvalue weighted by atomic mass is 9.97. The number of aromatic nitrogens is 2. The summed E-state index contributed by atoms with van der Waals surface area (Å²) in [5, 5.41) is 3.33. The zero-order valence-electron chi connectivity index (χ0n) is 16.5. The molecule has 4 rings (SSSR count). The van der Waals surface area contributed by atoms with Crippen LogP contribution in [0.2, 0.25) is 0 Å². The van der Waals surface area contributed by atoms with Crippen molar-refractivity contribution in [2.45, 2.75) is 38.4 Å². The molecule has 158 valence electrons. The first-order valence-electron chi connectivity index (χ1n) is 10.2. The van der Waals surface area contributed by atoms with Crippen molar-refractivity contribution in [3.8, 4) is 11.3 Å². The van der Waals surface area contributed by atoms with Crippen LogP contribution in [0.15, 0.2) is 24.4 Å². The molecule has 0 spiro atoms. The Balaban J connectivity index is 1.63. The second-order valence-corrected chi connectivity index (χ2v) is 8.26. The van der Waals surface area contributed by atoms with Crippen molar-refractivity contribution >= 4 is 0 Å². The highest BCUT2D eigenvalue weighted by molar-refractivity contribution is 5.60. The Hall–Kier alpha value is -1.93. The number of nitrogens with one attached hydrogen (secondary N) is 1. The van der Waals surface area contributed by atoms with E-state index in [0.717, 1.165) is 76.0 Å². The predicted molar refractivity (Wildman–Crippen MR) is 103 cm³/mol. The fourth-order valence-electron chi connectivity index (χ4n) is 4.32. The third kappa shape index (κ3) is 4.48. The van der Waals surface area contributed by atoms with Gasteiger partial charge in [0.25, 0.3) is 0 Å². The molecule has 2 aliphatic heterocycles. The summed E-state index contributed by atoms with van der Waals surface area (Å²) in [5.74, 6) is 0.666. The first kappa shape index (κ1) is 20.3. The van der Waals surface area contributed by atoms with Gasteiger partial charge >= 0.3 is 6.18 Å². The van der Waals surface area contributed by atoms with Crippen LogP contribution in [-0.2, 0) is 12.7 Å². The van der Waals surface area contributed by atoms with E-state index in [0.29, 0.717) is 11.3 Å². The number of imidazole rings is 1. The highest BCUT2D eigenvalue weighted by Crippen LogP contribution is 2.35. The molecule has 0 bridgehead atoms. The lowest BCUT2D eigenvalue weighted by molar-refractivity contribution is -0.139. The lowest BCUT2D eigenvalue weighted by Gasteiger charge is -2.37. The summed E-state index contributed by atoms with van der Waals surface area (Å²) < 4.78 is 55.2. The Morgan fingerprint density at radius 1 is 1.14 bits per heavy atom. The molecule has 2 aromatic rings. The summed E-state index contributed by atoms with van der Waals surface area (Å²) in [4.78, 5) is 7.09. The second-order valence-electron chi connectivity index (χ2n) is 8.26. The van der Waals surface area contributed by atoms with Gasteiger partial charge in [0.1, 0.15) is 11.6 Å².